The number of aliphatic hydroxyl groups is 2. The highest BCUT2D eigenvalue weighted by Crippen LogP contribution is 2.15. The molecule has 0 bridgehead atoms. The van der Waals surface area contributed by atoms with E-state index >= 15 is 0 Å². The van der Waals surface area contributed by atoms with E-state index in [-0.39, 0.29) is 12.5 Å². The van der Waals surface area contributed by atoms with Gasteiger partial charge >= 0.3 is 0 Å². The number of pyridine rings is 1. The van der Waals surface area contributed by atoms with E-state index in [9.17, 15) is 10.2 Å². The highest BCUT2D eigenvalue weighted by Gasteiger charge is 2.30. The second-order valence-electron chi connectivity index (χ2n) is 5.54. The fourth-order valence-corrected chi connectivity index (χ4v) is 2.70. The average molecular weight is 303 g/mol. The summed E-state index contributed by atoms with van der Waals surface area (Å²) < 4.78 is 7.30. The van der Waals surface area contributed by atoms with Gasteiger partial charge in [-0.05, 0) is 24.3 Å². The first-order valence-corrected chi connectivity index (χ1v) is 7.48. The lowest BCUT2D eigenvalue weighted by atomic mass is 9.96. The van der Waals surface area contributed by atoms with Crippen molar-refractivity contribution in [1.82, 2.24) is 14.9 Å². The number of nitrogens with zero attached hydrogens (tertiary/aromatic N) is 2. The Kier molecular flexibility index (Phi) is 4.84. The summed E-state index contributed by atoms with van der Waals surface area (Å²) in [5.74, 6) is 0.780. The Bertz CT molecular complexity index is 587. The molecular formula is C16H21N3O3. The Labute approximate surface area is 129 Å². The number of aromatic nitrogens is 2. The van der Waals surface area contributed by atoms with Gasteiger partial charge in [-0.25, -0.2) is 4.98 Å². The average Bonchev–Trinajstić information content (AvgIpc) is 3.01. The summed E-state index contributed by atoms with van der Waals surface area (Å²) >= 11 is 0. The molecule has 1 saturated heterocycles. The molecule has 0 aromatic carbocycles. The molecule has 2 aromatic rings. The minimum Gasteiger partial charge on any atom is -0.390 e. The molecule has 3 N–H and O–H groups in total. The summed E-state index contributed by atoms with van der Waals surface area (Å²) in [6.45, 7) is 1.92. The Balaban J connectivity index is 1.58. The lowest BCUT2D eigenvalue weighted by Crippen LogP contribution is -2.47. The van der Waals surface area contributed by atoms with Crippen molar-refractivity contribution in [1.29, 1.82) is 0 Å². The van der Waals surface area contributed by atoms with Gasteiger partial charge in [-0.2, -0.15) is 0 Å². The number of hydrogen-bond acceptors (Lipinski definition) is 5. The van der Waals surface area contributed by atoms with Crippen LogP contribution in [0.4, 0.5) is 0 Å². The van der Waals surface area contributed by atoms with Crippen molar-refractivity contribution in [3.05, 3.63) is 48.4 Å². The van der Waals surface area contributed by atoms with Crippen molar-refractivity contribution in [2.45, 2.75) is 18.8 Å². The Morgan fingerprint density at radius 3 is 2.95 bits per heavy atom. The fourth-order valence-electron chi connectivity index (χ4n) is 2.70. The number of hydrogen-bond donors (Lipinski definition) is 3. The van der Waals surface area contributed by atoms with E-state index in [4.69, 9.17) is 4.74 Å². The van der Waals surface area contributed by atoms with Crippen LogP contribution in [0.5, 0.6) is 0 Å². The summed E-state index contributed by atoms with van der Waals surface area (Å²) in [4.78, 5) is 4.34. The molecule has 0 saturated carbocycles. The second-order valence-corrected chi connectivity index (χ2v) is 5.54. The molecule has 6 heteroatoms. The van der Waals surface area contributed by atoms with E-state index in [0.717, 1.165) is 11.5 Å². The third kappa shape index (κ3) is 3.36. The van der Waals surface area contributed by atoms with Crippen molar-refractivity contribution >= 4 is 0 Å². The van der Waals surface area contributed by atoms with Crippen LogP contribution >= 0.6 is 0 Å². The highest BCUT2D eigenvalue weighted by atomic mass is 16.5. The van der Waals surface area contributed by atoms with Gasteiger partial charge in [0.15, 0.2) is 0 Å². The second kappa shape index (κ2) is 7.02. The molecule has 0 spiro atoms. The minimum absolute atomic E-state index is 0.0954. The number of aliphatic hydroxyl groups excluding tert-OH is 2. The third-order valence-electron chi connectivity index (χ3n) is 3.94. The van der Waals surface area contributed by atoms with E-state index in [1.807, 2.05) is 41.1 Å². The van der Waals surface area contributed by atoms with Crippen molar-refractivity contribution in [2.24, 2.45) is 5.92 Å². The summed E-state index contributed by atoms with van der Waals surface area (Å²) in [5.41, 5.74) is 1.09. The van der Waals surface area contributed by atoms with Crippen LogP contribution < -0.4 is 5.32 Å². The molecule has 3 atom stereocenters. The first-order valence-electron chi connectivity index (χ1n) is 7.48. The predicted octanol–water partition coefficient (Wildman–Crippen LogP) is 0.330. The minimum atomic E-state index is -0.794. The molecule has 3 heterocycles. The van der Waals surface area contributed by atoms with E-state index in [1.54, 1.807) is 6.20 Å². The van der Waals surface area contributed by atoms with Gasteiger partial charge in [-0.3, -0.25) is 0 Å². The van der Waals surface area contributed by atoms with Crippen LogP contribution in [0, 0.1) is 5.92 Å². The van der Waals surface area contributed by atoms with E-state index in [2.05, 4.69) is 10.3 Å². The molecule has 6 nitrogen and oxygen atoms in total. The predicted molar refractivity (Wildman–Crippen MR) is 81.6 cm³/mol. The van der Waals surface area contributed by atoms with Crippen LogP contribution in [0.3, 0.4) is 0 Å². The van der Waals surface area contributed by atoms with Gasteiger partial charge in [0.1, 0.15) is 11.9 Å². The van der Waals surface area contributed by atoms with Gasteiger partial charge in [0.25, 0.3) is 0 Å². The Hall–Kier alpha value is -1.73. The molecule has 118 valence electrons. The molecule has 0 aliphatic carbocycles. The molecule has 3 rings (SSSR count). The lowest BCUT2D eigenvalue weighted by Gasteiger charge is -2.31. The first-order chi connectivity index (χ1) is 10.8. The molecule has 22 heavy (non-hydrogen) atoms. The molecule has 1 aliphatic rings. The van der Waals surface area contributed by atoms with Gasteiger partial charge in [-0.15, -0.1) is 0 Å². The van der Waals surface area contributed by atoms with E-state index in [0.29, 0.717) is 19.7 Å². The smallest absolute Gasteiger partial charge is 0.136 e. The number of ether oxygens (including phenoxy) is 1. The SMILES string of the molecule is O[C@H]1[C@H](CNCc2cccn2-c2ccccn2)COC[C@H]1O. The Morgan fingerprint density at radius 2 is 2.14 bits per heavy atom. The van der Waals surface area contributed by atoms with Gasteiger partial charge in [0, 0.05) is 37.1 Å². The maximum Gasteiger partial charge on any atom is 0.136 e. The zero-order valence-corrected chi connectivity index (χ0v) is 12.3. The van der Waals surface area contributed by atoms with Crippen LogP contribution in [0.1, 0.15) is 5.69 Å². The molecule has 0 radical (unpaired) electrons. The Morgan fingerprint density at radius 1 is 1.23 bits per heavy atom. The summed E-state index contributed by atoms with van der Waals surface area (Å²) in [5, 5.41) is 22.9. The van der Waals surface area contributed by atoms with E-state index < -0.39 is 12.2 Å². The number of rotatable bonds is 5. The van der Waals surface area contributed by atoms with Gasteiger partial charge in [-0.1, -0.05) is 6.07 Å². The molecule has 1 fully saturated rings. The van der Waals surface area contributed by atoms with Gasteiger partial charge < -0.3 is 24.8 Å². The van der Waals surface area contributed by atoms with Crippen LogP contribution in [0.15, 0.2) is 42.7 Å². The fraction of sp³-hybridized carbons (Fsp3) is 0.438. The monoisotopic (exact) mass is 303 g/mol. The molecule has 2 aromatic heterocycles. The molecular weight excluding hydrogens is 282 g/mol. The maximum atomic E-state index is 9.94. The van der Waals surface area contributed by atoms with Crippen LogP contribution in [-0.2, 0) is 11.3 Å². The summed E-state index contributed by atoms with van der Waals surface area (Å²) in [6, 6.07) is 9.81. The molecule has 0 unspecified atom stereocenters. The van der Waals surface area contributed by atoms with Crippen LogP contribution in [-0.4, -0.2) is 51.7 Å². The quantitative estimate of drug-likeness (QED) is 0.742. The number of nitrogens with one attached hydrogen (secondary N) is 1. The summed E-state index contributed by atoms with van der Waals surface area (Å²) in [6.07, 6.45) is 2.22. The van der Waals surface area contributed by atoms with Crippen molar-refractivity contribution in [2.75, 3.05) is 19.8 Å². The zero-order chi connectivity index (χ0) is 15.4. The third-order valence-corrected chi connectivity index (χ3v) is 3.94. The van der Waals surface area contributed by atoms with Crippen molar-refractivity contribution in [3.63, 3.8) is 0 Å². The normalized spacial score (nSPS) is 25.3. The van der Waals surface area contributed by atoms with Crippen molar-refractivity contribution < 1.29 is 14.9 Å². The summed E-state index contributed by atoms with van der Waals surface area (Å²) in [7, 11) is 0. The first kappa shape index (κ1) is 15.2. The highest BCUT2D eigenvalue weighted by molar-refractivity contribution is 5.27. The van der Waals surface area contributed by atoms with Crippen LogP contribution in [0.25, 0.3) is 5.82 Å². The molecule has 1 aliphatic heterocycles. The van der Waals surface area contributed by atoms with Crippen LogP contribution in [0.2, 0.25) is 0 Å². The maximum absolute atomic E-state index is 9.94. The van der Waals surface area contributed by atoms with Gasteiger partial charge in [0.2, 0.25) is 0 Å². The van der Waals surface area contributed by atoms with Gasteiger partial charge in [0.05, 0.1) is 19.3 Å². The van der Waals surface area contributed by atoms with Crippen molar-refractivity contribution in [3.8, 4) is 5.82 Å². The van der Waals surface area contributed by atoms with E-state index in [1.165, 1.54) is 0 Å². The molecule has 0 amide bonds. The lowest BCUT2D eigenvalue weighted by molar-refractivity contribution is -0.119. The zero-order valence-electron chi connectivity index (χ0n) is 12.3. The topological polar surface area (TPSA) is 79.5 Å². The standard InChI is InChI=1S/C16H21N3O3/c20-14-11-22-10-12(16(14)21)8-17-9-13-4-3-7-19(13)15-5-1-2-6-18-15/h1-7,12,14,16-17,20-21H,8-11H2/t12-,14-,16+/m1/s1. The largest absolute Gasteiger partial charge is 0.390 e.